The minimum Gasteiger partial charge on any atom is -0.494 e. The SMILES string of the molecule is CCOc1ccc(C(=O)C(C)NCc2ccncc2)cc1. The minimum absolute atomic E-state index is 0.0760. The lowest BCUT2D eigenvalue weighted by atomic mass is 10.1. The molecule has 1 atom stereocenters. The van der Waals surface area contributed by atoms with Gasteiger partial charge in [-0.25, -0.2) is 0 Å². The quantitative estimate of drug-likeness (QED) is 0.794. The van der Waals surface area contributed by atoms with Gasteiger partial charge in [-0.2, -0.15) is 0 Å². The molecule has 4 nitrogen and oxygen atoms in total. The number of nitrogens with one attached hydrogen (secondary N) is 1. The Morgan fingerprint density at radius 3 is 2.48 bits per heavy atom. The average molecular weight is 284 g/mol. The minimum atomic E-state index is -0.240. The van der Waals surface area contributed by atoms with Crippen LogP contribution in [0.4, 0.5) is 0 Å². The van der Waals surface area contributed by atoms with Gasteiger partial charge in [0.1, 0.15) is 5.75 Å². The van der Waals surface area contributed by atoms with E-state index in [-0.39, 0.29) is 11.8 Å². The van der Waals surface area contributed by atoms with Crippen LogP contribution in [0.15, 0.2) is 48.8 Å². The summed E-state index contributed by atoms with van der Waals surface area (Å²) in [7, 11) is 0. The van der Waals surface area contributed by atoms with E-state index in [9.17, 15) is 4.79 Å². The summed E-state index contributed by atoms with van der Waals surface area (Å²) in [6.45, 7) is 5.08. The third kappa shape index (κ3) is 4.39. The molecule has 110 valence electrons. The molecule has 0 aliphatic rings. The van der Waals surface area contributed by atoms with Crippen molar-refractivity contribution in [3.8, 4) is 5.75 Å². The fraction of sp³-hybridized carbons (Fsp3) is 0.294. The van der Waals surface area contributed by atoms with Gasteiger partial charge in [0.2, 0.25) is 0 Å². The number of Topliss-reactive ketones (excluding diaryl/α,β-unsaturated/α-hetero) is 1. The molecule has 2 aromatic rings. The molecule has 0 bridgehead atoms. The number of carbonyl (C=O) groups is 1. The van der Waals surface area contributed by atoms with E-state index < -0.39 is 0 Å². The monoisotopic (exact) mass is 284 g/mol. The zero-order chi connectivity index (χ0) is 15.1. The lowest BCUT2D eigenvalue weighted by molar-refractivity contribution is 0.0950. The summed E-state index contributed by atoms with van der Waals surface area (Å²) in [5, 5.41) is 3.23. The van der Waals surface area contributed by atoms with Gasteiger partial charge >= 0.3 is 0 Å². The van der Waals surface area contributed by atoms with Crippen LogP contribution in [-0.2, 0) is 6.54 Å². The highest BCUT2D eigenvalue weighted by molar-refractivity contribution is 5.99. The molecule has 0 aliphatic heterocycles. The highest BCUT2D eigenvalue weighted by Crippen LogP contribution is 2.13. The van der Waals surface area contributed by atoms with Crippen molar-refractivity contribution in [2.45, 2.75) is 26.4 Å². The van der Waals surface area contributed by atoms with Gasteiger partial charge in [0.25, 0.3) is 0 Å². The number of benzene rings is 1. The van der Waals surface area contributed by atoms with Gasteiger partial charge in [-0.15, -0.1) is 0 Å². The van der Waals surface area contributed by atoms with Crippen LogP contribution in [-0.4, -0.2) is 23.4 Å². The predicted molar refractivity (Wildman–Crippen MR) is 82.5 cm³/mol. The second-order valence-electron chi connectivity index (χ2n) is 4.78. The number of nitrogens with zero attached hydrogens (tertiary/aromatic N) is 1. The van der Waals surface area contributed by atoms with Gasteiger partial charge in [0, 0.05) is 24.5 Å². The first-order valence-electron chi connectivity index (χ1n) is 7.10. The lowest BCUT2D eigenvalue weighted by Crippen LogP contribution is -2.33. The molecule has 0 amide bonds. The fourth-order valence-electron chi connectivity index (χ4n) is 2.00. The van der Waals surface area contributed by atoms with E-state index in [1.54, 1.807) is 24.5 Å². The van der Waals surface area contributed by atoms with Crippen molar-refractivity contribution in [1.29, 1.82) is 0 Å². The number of rotatable bonds is 7. The Hall–Kier alpha value is -2.20. The molecule has 1 aromatic carbocycles. The predicted octanol–water partition coefficient (Wildman–Crippen LogP) is 2.84. The highest BCUT2D eigenvalue weighted by atomic mass is 16.5. The van der Waals surface area contributed by atoms with Gasteiger partial charge in [-0.1, -0.05) is 0 Å². The van der Waals surface area contributed by atoms with Crippen molar-refractivity contribution in [2.24, 2.45) is 0 Å². The van der Waals surface area contributed by atoms with Crippen molar-refractivity contribution in [3.05, 3.63) is 59.9 Å². The zero-order valence-electron chi connectivity index (χ0n) is 12.4. The van der Waals surface area contributed by atoms with Crippen molar-refractivity contribution in [3.63, 3.8) is 0 Å². The third-order valence-corrected chi connectivity index (χ3v) is 3.20. The highest BCUT2D eigenvalue weighted by Gasteiger charge is 2.14. The molecule has 0 radical (unpaired) electrons. The van der Waals surface area contributed by atoms with Crippen LogP contribution in [0.5, 0.6) is 5.75 Å². The van der Waals surface area contributed by atoms with E-state index in [1.807, 2.05) is 38.1 Å². The third-order valence-electron chi connectivity index (χ3n) is 3.20. The molecule has 4 heteroatoms. The lowest BCUT2D eigenvalue weighted by Gasteiger charge is -2.13. The maximum atomic E-state index is 12.3. The van der Waals surface area contributed by atoms with Gasteiger partial charge < -0.3 is 10.1 Å². The maximum Gasteiger partial charge on any atom is 0.179 e. The molecule has 2 rings (SSSR count). The number of carbonyl (C=O) groups excluding carboxylic acids is 1. The largest absolute Gasteiger partial charge is 0.494 e. The molecule has 0 aliphatic carbocycles. The Kier molecular flexibility index (Phi) is 5.46. The van der Waals surface area contributed by atoms with Crippen LogP contribution in [0, 0.1) is 0 Å². The second-order valence-corrected chi connectivity index (χ2v) is 4.78. The number of hydrogen-bond acceptors (Lipinski definition) is 4. The van der Waals surface area contributed by atoms with Crippen LogP contribution in [0.2, 0.25) is 0 Å². The van der Waals surface area contributed by atoms with E-state index in [2.05, 4.69) is 10.3 Å². The zero-order valence-corrected chi connectivity index (χ0v) is 12.4. The number of hydrogen-bond donors (Lipinski definition) is 1. The molecule has 1 heterocycles. The van der Waals surface area contributed by atoms with E-state index in [1.165, 1.54) is 0 Å². The molecule has 0 saturated heterocycles. The van der Waals surface area contributed by atoms with Gasteiger partial charge in [-0.3, -0.25) is 9.78 Å². The topological polar surface area (TPSA) is 51.2 Å². The maximum absolute atomic E-state index is 12.3. The molecular weight excluding hydrogens is 264 g/mol. The first-order valence-corrected chi connectivity index (χ1v) is 7.10. The fourth-order valence-corrected chi connectivity index (χ4v) is 2.00. The molecule has 0 saturated carbocycles. The van der Waals surface area contributed by atoms with Crippen molar-refractivity contribution < 1.29 is 9.53 Å². The summed E-state index contributed by atoms with van der Waals surface area (Å²) in [6, 6.07) is 10.9. The van der Waals surface area contributed by atoms with Crippen LogP contribution >= 0.6 is 0 Å². The number of ether oxygens (including phenoxy) is 1. The molecular formula is C17H20N2O2. The van der Waals surface area contributed by atoms with E-state index in [0.29, 0.717) is 18.7 Å². The molecule has 21 heavy (non-hydrogen) atoms. The van der Waals surface area contributed by atoms with Crippen LogP contribution in [0.25, 0.3) is 0 Å². The van der Waals surface area contributed by atoms with Crippen LogP contribution in [0.3, 0.4) is 0 Å². The Morgan fingerprint density at radius 1 is 1.19 bits per heavy atom. The number of aromatic nitrogens is 1. The molecule has 0 spiro atoms. The Labute approximate surface area is 125 Å². The summed E-state index contributed by atoms with van der Waals surface area (Å²) in [5.41, 5.74) is 1.80. The van der Waals surface area contributed by atoms with Crippen molar-refractivity contribution in [2.75, 3.05) is 6.61 Å². The van der Waals surface area contributed by atoms with Gasteiger partial charge in [0.15, 0.2) is 5.78 Å². The van der Waals surface area contributed by atoms with E-state index >= 15 is 0 Å². The van der Waals surface area contributed by atoms with Crippen LogP contribution < -0.4 is 10.1 Å². The van der Waals surface area contributed by atoms with Gasteiger partial charge in [-0.05, 0) is 55.8 Å². The summed E-state index contributed by atoms with van der Waals surface area (Å²) < 4.78 is 5.37. The first kappa shape index (κ1) is 15.2. The summed E-state index contributed by atoms with van der Waals surface area (Å²) >= 11 is 0. The summed E-state index contributed by atoms with van der Waals surface area (Å²) in [4.78, 5) is 16.3. The van der Waals surface area contributed by atoms with Crippen molar-refractivity contribution >= 4 is 5.78 Å². The Bertz CT molecular complexity index is 567. The summed E-state index contributed by atoms with van der Waals surface area (Å²) in [5.74, 6) is 0.860. The number of pyridine rings is 1. The second kappa shape index (κ2) is 7.55. The molecule has 1 unspecified atom stereocenters. The van der Waals surface area contributed by atoms with Crippen molar-refractivity contribution in [1.82, 2.24) is 10.3 Å². The molecule has 1 N–H and O–H groups in total. The van der Waals surface area contributed by atoms with Crippen LogP contribution in [0.1, 0.15) is 29.8 Å². The Morgan fingerprint density at radius 2 is 1.86 bits per heavy atom. The molecule has 1 aromatic heterocycles. The van der Waals surface area contributed by atoms with E-state index in [0.717, 1.165) is 11.3 Å². The number of ketones is 1. The van der Waals surface area contributed by atoms with E-state index in [4.69, 9.17) is 4.74 Å². The Balaban J connectivity index is 1.92. The first-order chi connectivity index (χ1) is 10.2. The molecule has 0 fully saturated rings. The smallest absolute Gasteiger partial charge is 0.179 e. The summed E-state index contributed by atoms with van der Waals surface area (Å²) in [6.07, 6.45) is 3.49. The normalized spacial score (nSPS) is 11.9. The van der Waals surface area contributed by atoms with Gasteiger partial charge in [0.05, 0.1) is 12.6 Å². The standard InChI is InChI=1S/C17H20N2O2/c1-3-21-16-6-4-15(5-7-16)17(20)13(2)19-12-14-8-10-18-11-9-14/h4-11,13,19H,3,12H2,1-2H3. The average Bonchev–Trinajstić information content (AvgIpc) is 2.54.